The van der Waals surface area contributed by atoms with Crippen molar-refractivity contribution in [2.45, 2.75) is 20.0 Å². The molecule has 2 aromatic rings. The minimum Gasteiger partial charge on any atom is -0.508 e. The van der Waals surface area contributed by atoms with Crippen LogP contribution in [0.2, 0.25) is 10.0 Å². The Morgan fingerprint density at radius 3 is 2.50 bits per heavy atom. The molecule has 0 fully saturated rings. The van der Waals surface area contributed by atoms with Crippen molar-refractivity contribution < 1.29 is 14.6 Å². The van der Waals surface area contributed by atoms with E-state index in [1.807, 2.05) is 0 Å². The zero-order valence-electron chi connectivity index (χ0n) is 13.1. The number of carbonyl (C=O) groups is 1. The van der Waals surface area contributed by atoms with Gasteiger partial charge in [0, 0.05) is 5.02 Å². The molecule has 0 bridgehead atoms. The lowest BCUT2D eigenvalue weighted by atomic mass is 10.1. The Bertz CT molecular complexity index is 761. The van der Waals surface area contributed by atoms with Crippen LogP contribution in [-0.4, -0.2) is 22.8 Å². The van der Waals surface area contributed by atoms with Crippen molar-refractivity contribution in [3.8, 4) is 11.5 Å². The van der Waals surface area contributed by atoms with Gasteiger partial charge in [0.2, 0.25) is 0 Å². The van der Waals surface area contributed by atoms with Crippen molar-refractivity contribution in [2.24, 2.45) is 5.10 Å². The van der Waals surface area contributed by atoms with E-state index in [0.29, 0.717) is 21.5 Å². The number of nitrogens with zero attached hydrogens (tertiary/aromatic N) is 1. The third kappa shape index (κ3) is 4.88. The predicted molar refractivity (Wildman–Crippen MR) is 95.0 cm³/mol. The first-order valence-corrected chi connectivity index (χ1v) is 7.87. The number of benzene rings is 2. The highest BCUT2D eigenvalue weighted by Crippen LogP contribution is 2.28. The summed E-state index contributed by atoms with van der Waals surface area (Å²) in [5, 5.41) is 14.1. The van der Waals surface area contributed by atoms with Gasteiger partial charge in [-0.3, -0.25) is 4.79 Å². The standard InChI is InChI=1S/C17H16Cl2N2O3/c1-10(12-3-6-14(22)7-4-12)20-21-17(23)11(2)24-16-8-5-13(18)9-15(16)19/h3-9,11,22H,1-2H3,(H,21,23)/b20-10-/t11-/m1/s1. The summed E-state index contributed by atoms with van der Waals surface area (Å²) in [5.74, 6) is 0.111. The molecule has 7 heteroatoms. The van der Waals surface area contributed by atoms with E-state index in [1.165, 1.54) is 6.07 Å². The smallest absolute Gasteiger partial charge is 0.280 e. The molecule has 0 aromatic heterocycles. The van der Waals surface area contributed by atoms with E-state index in [4.69, 9.17) is 27.9 Å². The molecule has 126 valence electrons. The van der Waals surface area contributed by atoms with E-state index in [1.54, 1.807) is 50.2 Å². The van der Waals surface area contributed by atoms with Crippen molar-refractivity contribution in [3.63, 3.8) is 0 Å². The van der Waals surface area contributed by atoms with Gasteiger partial charge in [0.25, 0.3) is 5.91 Å². The SMILES string of the molecule is C/C(=N/NC(=O)[C@@H](C)Oc1ccc(Cl)cc1Cl)c1ccc(O)cc1. The Hall–Kier alpha value is -2.24. The Morgan fingerprint density at radius 2 is 1.88 bits per heavy atom. The van der Waals surface area contributed by atoms with Crippen LogP contribution in [0.5, 0.6) is 11.5 Å². The highest BCUT2D eigenvalue weighted by atomic mass is 35.5. The molecule has 0 unspecified atom stereocenters. The summed E-state index contributed by atoms with van der Waals surface area (Å²) in [5.41, 5.74) is 3.82. The lowest BCUT2D eigenvalue weighted by molar-refractivity contribution is -0.127. The number of nitrogens with one attached hydrogen (secondary N) is 1. The van der Waals surface area contributed by atoms with Crippen LogP contribution in [0.15, 0.2) is 47.6 Å². The summed E-state index contributed by atoms with van der Waals surface area (Å²) in [6, 6.07) is 11.3. The average Bonchev–Trinajstić information content (AvgIpc) is 2.55. The Morgan fingerprint density at radius 1 is 1.21 bits per heavy atom. The fourth-order valence-electron chi connectivity index (χ4n) is 1.81. The van der Waals surface area contributed by atoms with E-state index in [9.17, 15) is 9.90 Å². The Kier molecular flexibility index (Phi) is 6.06. The van der Waals surface area contributed by atoms with Gasteiger partial charge in [0.15, 0.2) is 6.10 Å². The van der Waals surface area contributed by atoms with E-state index < -0.39 is 12.0 Å². The van der Waals surface area contributed by atoms with Crippen LogP contribution in [0.4, 0.5) is 0 Å². The number of hydrazone groups is 1. The first-order chi connectivity index (χ1) is 11.4. The van der Waals surface area contributed by atoms with Crippen molar-refractivity contribution in [1.82, 2.24) is 5.43 Å². The Labute approximate surface area is 149 Å². The summed E-state index contributed by atoms with van der Waals surface area (Å²) in [6.45, 7) is 3.33. The zero-order chi connectivity index (χ0) is 17.7. The molecule has 0 spiro atoms. The second kappa shape index (κ2) is 8.04. The number of halogens is 2. The van der Waals surface area contributed by atoms with Gasteiger partial charge < -0.3 is 9.84 Å². The molecular weight excluding hydrogens is 351 g/mol. The van der Waals surface area contributed by atoms with Gasteiger partial charge in [-0.2, -0.15) is 5.10 Å². The number of aromatic hydroxyl groups is 1. The maximum absolute atomic E-state index is 12.1. The lowest BCUT2D eigenvalue weighted by Crippen LogP contribution is -2.34. The molecule has 0 saturated heterocycles. The van der Waals surface area contributed by atoms with Crippen molar-refractivity contribution in [3.05, 3.63) is 58.1 Å². The number of ether oxygens (including phenoxy) is 1. The highest BCUT2D eigenvalue weighted by Gasteiger charge is 2.16. The fourth-order valence-corrected chi connectivity index (χ4v) is 2.26. The Balaban J connectivity index is 1.98. The molecule has 2 aromatic carbocycles. The normalized spacial score (nSPS) is 12.6. The number of rotatable bonds is 5. The molecule has 24 heavy (non-hydrogen) atoms. The average molecular weight is 367 g/mol. The van der Waals surface area contributed by atoms with Crippen LogP contribution in [0, 0.1) is 0 Å². The van der Waals surface area contributed by atoms with E-state index in [-0.39, 0.29) is 5.75 Å². The van der Waals surface area contributed by atoms with Crippen LogP contribution < -0.4 is 10.2 Å². The first-order valence-electron chi connectivity index (χ1n) is 7.12. The highest BCUT2D eigenvalue weighted by molar-refractivity contribution is 6.35. The zero-order valence-corrected chi connectivity index (χ0v) is 14.6. The molecular formula is C17H16Cl2N2O3. The second-order valence-corrected chi connectivity index (χ2v) is 5.90. The van der Waals surface area contributed by atoms with Gasteiger partial charge in [0.05, 0.1) is 10.7 Å². The van der Waals surface area contributed by atoms with E-state index in [2.05, 4.69) is 10.5 Å². The third-order valence-corrected chi connectivity index (χ3v) is 3.72. The maximum Gasteiger partial charge on any atom is 0.280 e. The number of hydrogen-bond acceptors (Lipinski definition) is 4. The van der Waals surface area contributed by atoms with Crippen LogP contribution in [0.25, 0.3) is 0 Å². The molecule has 2 rings (SSSR count). The molecule has 0 radical (unpaired) electrons. The van der Waals surface area contributed by atoms with E-state index in [0.717, 1.165) is 5.56 Å². The predicted octanol–water partition coefficient (Wildman–Crippen LogP) is 4.01. The number of hydrogen-bond donors (Lipinski definition) is 2. The number of amides is 1. The number of phenols is 1. The van der Waals surface area contributed by atoms with Crippen LogP contribution in [0.3, 0.4) is 0 Å². The van der Waals surface area contributed by atoms with Gasteiger partial charge in [-0.1, -0.05) is 23.2 Å². The van der Waals surface area contributed by atoms with Gasteiger partial charge in [-0.15, -0.1) is 0 Å². The molecule has 0 aliphatic carbocycles. The largest absolute Gasteiger partial charge is 0.508 e. The molecule has 2 N–H and O–H groups in total. The molecule has 0 aliphatic heterocycles. The topological polar surface area (TPSA) is 70.9 Å². The third-order valence-electron chi connectivity index (χ3n) is 3.19. The summed E-state index contributed by atoms with van der Waals surface area (Å²) in [6.07, 6.45) is -0.792. The fraction of sp³-hybridized carbons (Fsp3) is 0.176. The summed E-state index contributed by atoms with van der Waals surface area (Å²) >= 11 is 11.8. The lowest BCUT2D eigenvalue weighted by Gasteiger charge is -2.14. The van der Waals surface area contributed by atoms with Crippen molar-refractivity contribution >= 4 is 34.8 Å². The van der Waals surface area contributed by atoms with E-state index >= 15 is 0 Å². The molecule has 1 amide bonds. The minimum atomic E-state index is -0.792. The summed E-state index contributed by atoms with van der Waals surface area (Å²) in [4.78, 5) is 12.1. The first kappa shape index (κ1) is 18.1. The quantitative estimate of drug-likeness (QED) is 0.620. The van der Waals surface area contributed by atoms with Crippen LogP contribution >= 0.6 is 23.2 Å². The molecule has 0 aliphatic rings. The molecule has 0 heterocycles. The molecule has 5 nitrogen and oxygen atoms in total. The van der Waals surface area contributed by atoms with Gasteiger partial charge in [-0.25, -0.2) is 5.43 Å². The monoisotopic (exact) mass is 366 g/mol. The summed E-state index contributed by atoms with van der Waals surface area (Å²) < 4.78 is 5.51. The molecule has 1 atom stereocenters. The molecule has 0 saturated carbocycles. The van der Waals surface area contributed by atoms with Crippen LogP contribution in [0.1, 0.15) is 19.4 Å². The van der Waals surface area contributed by atoms with Gasteiger partial charge >= 0.3 is 0 Å². The minimum absolute atomic E-state index is 0.164. The maximum atomic E-state index is 12.1. The summed E-state index contributed by atoms with van der Waals surface area (Å²) in [7, 11) is 0. The van der Waals surface area contributed by atoms with Crippen molar-refractivity contribution in [2.75, 3.05) is 0 Å². The van der Waals surface area contributed by atoms with Crippen molar-refractivity contribution in [1.29, 1.82) is 0 Å². The second-order valence-electron chi connectivity index (χ2n) is 5.05. The number of phenolic OH excluding ortho intramolecular Hbond substituents is 1. The number of carbonyl (C=O) groups excluding carboxylic acids is 1. The van der Waals surface area contributed by atoms with Crippen LogP contribution in [-0.2, 0) is 4.79 Å². The van der Waals surface area contributed by atoms with Gasteiger partial charge in [-0.05, 0) is 61.9 Å². The van der Waals surface area contributed by atoms with Gasteiger partial charge in [0.1, 0.15) is 11.5 Å².